The zero-order valence-corrected chi connectivity index (χ0v) is 10.2. The van der Waals surface area contributed by atoms with E-state index < -0.39 is 0 Å². The van der Waals surface area contributed by atoms with Crippen LogP contribution in [0.3, 0.4) is 0 Å². The number of nitrogens with zero attached hydrogens (tertiary/aromatic N) is 4. The van der Waals surface area contributed by atoms with E-state index in [2.05, 4.69) is 31.9 Å². The van der Waals surface area contributed by atoms with E-state index in [1.165, 1.54) is 12.8 Å². The van der Waals surface area contributed by atoms with Crippen LogP contribution in [0, 0.1) is 0 Å². The van der Waals surface area contributed by atoms with Crippen molar-refractivity contribution in [3.8, 4) is 0 Å². The van der Waals surface area contributed by atoms with Gasteiger partial charge in [0.15, 0.2) is 0 Å². The number of nitrogens with one attached hydrogen (secondary N) is 1. The predicted octanol–water partition coefficient (Wildman–Crippen LogP) is 0.482. The molecule has 0 aliphatic carbocycles. The van der Waals surface area contributed by atoms with Gasteiger partial charge in [0.1, 0.15) is 12.2 Å². The minimum absolute atomic E-state index is 0.638. The van der Waals surface area contributed by atoms with Crippen molar-refractivity contribution >= 4 is 0 Å². The lowest BCUT2D eigenvalue weighted by atomic mass is 10.1. The van der Waals surface area contributed by atoms with Gasteiger partial charge in [-0.05, 0) is 33.4 Å². The molecule has 5 nitrogen and oxygen atoms in total. The highest BCUT2D eigenvalue weighted by molar-refractivity contribution is 4.91. The molecule has 90 valence electrons. The first kappa shape index (κ1) is 11.5. The number of fused-ring (bicyclic) bond motifs is 1. The molecular formula is C11H21N5. The summed E-state index contributed by atoms with van der Waals surface area (Å²) in [5.74, 6) is 1.10. The molecule has 0 aromatic carbocycles. The van der Waals surface area contributed by atoms with Crippen LogP contribution >= 0.6 is 0 Å². The molecular weight excluding hydrogens is 202 g/mol. The van der Waals surface area contributed by atoms with E-state index in [-0.39, 0.29) is 0 Å². The Morgan fingerprint density at radius 2 is 2.38 bits per heavy atom. The van der Waals surface area contributed by atoms with Gasteiger partial charge in [0, 0.05) is 19.1 Å². The van der Waals surface area contributed by atoms with Crippen molar-refractivity contribution in [3.05, 3.63) is 12.2 Å². The minimum Gasteiger partial charge on any atom is -0.320 e. The maximum Gasteiger partial charge on any atom is 0.147 e. The van der Waals surface area contributed by atoms with Crippen molar-refractivity contribution < 1.29 is 0 Å². The molecule has 1 aromatic heterocycles. The van der Waals surface area contributed by atoms with Crippen LogP contribution in [0.5, 0.6) is 0 Å². The fourth-order valence-electron chi connectivity index (χ4n) is 2.22. The lowest BCUT2D eigenvalue weighted by Gasteiger charge is -2.32. The average molecular weight is 223 g/mol. The normalized spacial score (nSPS) is 18.4. The Kier molecular flexibility index (Phi) is 3.90. The number of rotatable bonds is 5. The van der Waals surface area contributed by atoms with Crippen LogP contribution < -0.4 is 5.32 Å². The first-order valence-corrected chi connectivity index (χ1v) is 6.06. The van der Waals surface area contributed by atoms with Crippen molar-refractivity contribution in [1.29, 1.82) is 0 Å². The third-order valence-electron chi connectivity index (χ3n) is 3.34. The van der Waals surface area contributed by atoms with E-state index >= 15 is 0 Å². The second-order valence-electron chi connectivity index (χ2n) is 4.51. The van der Waals surface area contributed by atoms with Gasteiger partial charge < -0.3 is 9.88 Å². The summed E-state index contributed by atoms with van der Waals surface area (Å²) in [5, 5.41) is 11.3. The van der Waals surface area contributed by atoms with E-state index in [0.29, 0.717) is 6.04 Å². The fraction of sp³-hybridized carbons (Fsp3) is 0.818. The van der Waals surface area contributed by atoms with Crippen molar-refractivity contribution in [2.75, 3.05) is 20.1 Å². The maximum atomic E-state index is 4.14. The van der Waals surface area contributed by atoms with E-state index in [0.717, 1.165) is 32.0 Å². The fourth-order valence-corrected chi connectivity index (χ4v) is 2.22. The van der Waals surface area contributed by atoms with Crippen molar-refractivity contribution in [3.63, 3.8) is 0 Å². The number of hydrogen-bond donors (Lipinski definition) is 1. The van der Waals surface area contributed by atoms with Crippen LogP contribution in [-0.4, -0.2) is 45.8 Å². The smallest absolute Gasteiger partial charge is 0.147 e. The highest BCUT2D eigenvalue weighted by Crippen LogP contribution is 2.14. The summed E-state index contributed by atoms with van der Waals surface area (Å²) in [7, 11) is 2.01. The molecule has 0 spiro atoms. The molecule has 0 saturated heterocycles. The van der Waals surface area contributed by atoms with Crippen LogP contribution in [-0.2, 0) is 13.1 Å². The van der Waals surface area contributed by atoms with Crippen LogP contribution in [0.2, 0.25) is 0 Å². The molecule has 1 aliphatic heterocycles. The van der Waals surface area contributed by atoms with E-state index in [1.807, 2.05) is 13.4 Å². The van der Waals surface area contributed by atoms with Crippen molar-refractivity contribution in [1.82, 2.24) is 25.0 Å². The molecule has 2 rings (SSSR count). The standard InChI is InChI=1S/C11H21N5/c1-10(4-3-5-12-2)15-6-7-16-9-13-14-11(16)8-15/h9-10,12H,3-8H2,1-2H3. The van der Waals surface area contributed by atoms with Gasteiger partial charge >= 0.3 is 0 Å². The predicted molar refractivity (Wildman–Crippen MR) is 63.1 cm³/mol. The second kappa shape index (κ2) is 5.41. The third kappa shape index (κ3) is 2.59. The van der Waals surface area contributed by atoms with Gasteiger partial charge in [-0.1, -0.05) is 0 Å². The second-order valence-corrected chi connectivity index (χ2v) is 4.51. The summed E-state index contributed by atoms with van der Waals surface area (Å²) in [6.07, 6.45) is 4.31. The Bertz CT molecular complexity index is 322. The first-order chi connectivity index (χ1) is 7.81. The Hall–Kier alpha value is -0.940. The van der Waals surface area contributed by atoms with Crippen LogP contribution in [0.25, 0.3) is 0 Å². The summed E-state index contributed by atoms with van der Waals surface area (Å²) in [5.41, 5.74) is 0. The molecule has 0 bridgehead atoms. The molecule has 1 aliphatic rings. The molecule has 2 heterocycles. The number of aromatic nitrogens is 3. The summed E-state index contributed by atoms with van der Waals surface area (Å²) in [4.78, 5) is 2.50. The zero-order valence-electron chi connectivity index (χ0n) is 10.2. The first-order valence-electron chi connectivity index (χ1n) is 6.06. The number of hydrogen-bond acceptors (Lipinski definition) is 4. The lowest BCUT2D eigenvalue weighted by molar-refractivity contribution is 0.154. The Balaban J connectivity index is 1.83. The van der Waals surface area contributed by atoms with Crippen LogP contribution in [0.4, 0.5) is 0 Å². The molecule has 0 radical (unpaired) electrons. The molecule has 0 fully saturated rings. The Morgan fingerprint density at radius 1 is 1.50 bits per heavy atom. The lowest BCUT2D eigenvalue weighted by Crippen LogP contribution is -2.39. The average Bonchev–Trinajstić information content (AvgIpc) is 2.76. The third-order valence-corrected chi connectivity index (χ3v) is 3.34. The summed E-state index contributed by atoms with van der Waals surface area (Å²) < 4.78 is 2.15. The largest absolute Gasteiger partial charge is 0.320 e. The summed E-state index contributed by atoms with van der Waals surface area (Å²) in [6.45, 7) is 6.50. The molecule has 0 saturated carbocycles. The molecule has 1 N–H and O–H groups in total. The monoisotopic (exact) mass is 223 g/mol. The van der Waals surface area contributed by atoms with E-state index in [1.54, 1.807) is 0 Å². The highest BCUT2D eigenvalue weighted by atomic mass is 15.3. The van der Waals surface area contributed by atoms with Gasteiger partial charge in [-0.2, -0.15) is 0 Å². The summed E-state index contributed by atoms with van der Waals surface area (Å²) in [6, 6.07) is 0.638. The molecule has 0 amide bonds. The topological polar surface area (TPSA) is 46.0 Å². The molecule has 5 heteroatoms. The van der Waals surface area contributed by atoms with Crippen LogP contribution in [0.15, 0.2) is 6.33 Å². The van der Waals surface area contributed by atoms with Crippen molar-refractivity contribution in [2.45, 2.75) is 38.9 Å². The van der Waals surface area contributed by atoms with E-state index in [9.17, 15) is 0 Å². The van der Waals surface area contributed by atoms with Gasteiger partial charge in [0.25, 0.3) is 0 Å². The van der Waals surface area contributed by atoms with Crippen LogP contribution in [0.1, 0.15) is 25.6 Å². The zero-order chi connectivity index (χ0) is 11.4. The Morgan fingerprint density at radius 3 is 3.19 bits per heavy atom. The van der Waals surface area contributed by atoms with Gasteiger partial charge in [-0.15, -0.1) is 10.2 Å². The quantitative estimate of drug-likeness (QED) is 0.738. The SMILES string of the molecule is CNCCCC(C)N1CCn2cnnc2C1. The summed E-state index contributed by atoms with van der Waals surface area (Å²) >= 11 is 0. The van der Waals surface area contributed by atoms with Gasteiger partial charge in [0.2, 0.25) is 0 Å². The van der Waals surface area contributed by atoms with Gasteiger partial charge in [-0.3, -0.25) is 4.90 Å². The van der Waals surface area contributed by atoms with Gasteiger partial charge in [0.05, 0.1) is 6.54 Å². The molecule has 1 unspecified atom stereocenters. The van der Waals surface area contributed by atoms with Gasteiger partial charge in [-0.25, -0.2) is 0 Å². The maximum absolute atomic E-state index is 4.14. The minimum atomic E-state index is 0.638. The Labute approximate surface area is 96.8 Å². The van der Waals surface area contributed by atoms with Crippen molar-refractivity contribution in [2.24, 2.45) is 0 Å². The highest BCUT2D eigenvalue weighted by Gasteiger charge is 2.21. The molecule has 1 atom stereocenters. The molecule has 16 heavy (non-hydrogen) atoms. The molecule has 1 aromatic rings. The van der Waals surface area contributed by atoms with E-state index in [4.69, 9.17) is 0 Å².